The minimum absolute atomic E-state index is 0.186. The Morgan fingerprint density at radius 2 is 1.94 bits per heavy atom. The van der Waals surface area contributed by atoms with Gasteiger partial charge in [-0.25, -0.2) is 0 Å². The van der Waals surface area contributed by atoms with E-state index in [2.05, 4.69) is 5.32 Å². The van der Waals surface area contributed by atoms with Crippen molar-refractivity contribution in [3.63, 3.8) is 0 Å². The van der Waals surface area contributed by atoms with Crippen LogP contribution in [0.5, 0.6) is 0 Å². The third-order valence-electron chi connectivity index (χ3n) is 1.94. The van der Waals surface area contributed by atoms with Gasteiger partial charge in [0.15, 0.2) is 0 Å². The van der Waals surface area contributed by atoms with Gasteiger partial charge in [0.25, 0.3) is 0 Å². The second-order valence-corrected chi connectivity index (χ2v) is 5.97. The Kier molecular flexibility index (Phi) is 6.97. The molecule has 94 valence electrons. The quantitative estimate of drug-likeness (QED) is 0.365. The first-order valence-electron chi connectivity index (χ1n) is 5.03. The van der Waals surface area contributed by atoms with Gasteiger partial charge < -0.3 is 0 Å². The Balaban J connectivity index is 4.20. The van der Waals surface area contributed by atoms with Crippen molar-refractivity contribution in [1.29, 1.82) is 0 Å². The molecule has 0 aliphatic heterocycles. The van der Waals surface area contributed by atoms with Crippen LogP contribution in [0.25, 0.3) is 0 Å². The summed E-state index contributed by atoms with van der Waals surface area (Å²) in [6, 6.07) is -0.378. The predicted octanol–water partition coefficient (Wildman–Crippen LogP) is -1.32. The van der Waals surface area contributed by atoms with Crippen LogP contribution >= 0.6 is 0 Å². The molecule has 0 aromatic rings. The number of aliphatic hydroxyl groups is 2. The summed E-state index contributed by atoms with van der Waals surface area (Å²) in [4.78, 5) is 0. The van der Waals surface area contributed by atoms with Gasteiger partial charge >= 0.3 is 95.6 Å². The summed E-state index contributed by atoms with van der Waals surface area (Å²) in [5.41, 5.74) is 0. The van der Waals surface area contributed by atoms with E-state index in [1.807, 2.05) is 13.8 Å². The monoisotopic (exact) mass is 251 g/mol. The van der Waals surface area contributed by atoms with Gasteiger partial charge in [0.05, 0.1) is 0 Å². The molecule has 3 N–H and O–H groups in total. The molecule has 0 aromatic heterocycles. The van der Waals surface area contributed by atoms with Crippen molar-refractivity contribution in [2.75, 3.05) is 12.4 Å². The molecule has 0 bridgehead atoms. The van der Waals surface area contributed by atoms with Crippen LogP contribution in [0, 0.1) is 5.92 Å². The molecule has 0 heterocycles. The second-order valence-electron chi connectivity index (χ2n) is 4.12. The summed E-state index contributed by atoms with van der Waals surface area (Å²) in [6.45, 7) is 3.69. The number of nitrogens with one attached hydrogen (secondary N) is 1. The first-order chi connectivity index (χ1) is 7.30. The zero-order chi connectivity index (χ0) is 12.8. The Morgan fingerprint density at radius 1 is 1.38 bits per heavy atom. The summed E-state index contributed by atoms with van der Waals surface area (Å²) in [5.74, 6) is -0.370. The average Bonchev–Trinajstić information content (AvgIpc) is 2.15. The van der Waals surface area contributed by atoms with E-state index in [0.29, 0.717) is 12.3 Å². The normalized spacial score (nSPS) is 15.8. The van der Waals surface area contributed by atoms with Gasteiger partial charge in [0.1, 0.15) is 0 Å². The maximum atomic E-state index is 10.9. The minimum atomic E-state index is -3.88. The summed E-state index contributed by atoms with van der Waals surface area (Å²) in [7, 11) is -3.88. The van der Waals surface area contributed by atoms with Crippen LogP contribution in [-0.4, -0.2) is 49.7 Å². The van der Waals surface area contributed by atoms with Crippen LogP contribution < -0.4 is 5.32 Å². The first-order valence-corrected chi connectivity index (χ1v) is 6.75. The fourth-order valence-corrected chi connectivity index (χ4v) is 1.96. The molecule has 0 aliphatic rings. The topological polar surface area (TPSA) is 104 Å². The molecule has 2 unspecified atom stereocenters. The second kappa shape index (κ2) is 7.11. The van der Waals surface area contributed by atoms with E-state index in [1.54, 1.807) is 0 Å². The van der Waals surface area contributed by atoms with E-state index in [1.165, 1.54) is 0 Å². The zero-order valence-electron chi connectivity index (χ0n) is 9.46. The Morgan fingerprint density at radius 3 is 2.31 bits per heavy atom. The molecule has 0 saturated carbocycles. The maximum absolute atomic E-state index is 10.9. The molecule has 0 amide bonds. The van der Waals surface area contributed by atoms with Gasteiger partial charge in [-0.3, -0.25) is 0 Å². The third-order valence-corrected chi connectivity index (χ3v) is 3.01. The Hall–Kier alpha value is -0.305. The van der Waals surface area contributed by atoms with Crippen molar-refractivity contribution < 1.29 is 23.3 Å². The van der Waals surface area contributed by atoms with Crippen LogP contribution in [0.15, 0.2) is 0 Å². The van der Waals surface area contributed by atoms with Gasteiger partial charge in [-0.2, -0.15) is 0 Å². The van der Waals surface area contributed by atoms with E-state index < -0.39 is 21.7 Å². The van der Waals surface area contributed by atoms with Crippen molar-refractivity contribution >= 4 is 16.1 Å². The van der Waals surface area contributed by atoms with Crippen LogP contribution in [0.4, 0.5) is 0 Å². The van der Waals surface area contributed by atoms with Crippen molar-refractivity contribution in [2.45, 2.75) is 32.5 Å². The van der Waals surface area contributed by atoms with E-state index >= 15 is 0 Å². The summed E-state index contributed by atoms with van der Waals surface area (Å²) < 4.78 is 31.9. The molecular weight excluding hydrogens is 233 g/mol. The fourth-order valence-electron chi connectivity index (χ4n) is 1.34. The molecule has 0 radical (unpaired) electrons. The number of aliphatic hydroxyl groups excluding tert-OH is 2. The number of rotatable bonds is 8. The van der Waals surface area contributed by atoms with E-state index in [0.717, 1.165) is 0 Å². The van der Waals surface area contributed by atoms with E-state index in [4.69, 9.17) is 5.11 Å². The predicted molar refractivity (Wildman–Crippen MR) is 59.7 cm³/mol. The fraction of sp³-hybridized carbons (Fsp3) is 1.00. The van der Waals surface area contributed by atoms with Gasteiger partial charge in [-0.1, -0.05) is 0 Å². The molecule has 0 spiro atoms. The molecule has 0 fully saturated rings. The molecule has 0 saturated heterocycles. The van der Waals surface area contributed by atoms with Gasteiger partial charge in [0.2, 0.25) is 0 Å². The van der Waals surface area contributed by atoms with Gasteiger partial charge in [0, 0.05) is 0 Å². The third kappa shape index (κ3) is 7.05. The van der Waals surface area contributed by atoms with Crippen molar-refractivity contribution in [3.8, 4) is 0 Å². The molecule has 0 rings (SSSR count). The molecule has 6 nitrogen and oxygen atoms in total. The molecule has 2 atom stereocenters. The van der Waals surface area contributed by atoms with Crippen molar-refractivity contribution in [3.05, 3.63) is 0 Å². The first kappa shape index (κ1) is 15.7. The van der Waals surface area contributed by atoms with Crippen LogP contribution in [0.2, 0.25) is 0 Å². The van der Waals surface area contributed by atoms with Crippen LogP contribution in [0.3, 0.4) is 0 Å². The van der Waals surface area contributed by atoms with Crippen molar-refractivity contribution in [1.82, 2.24) is 5.32 Å². The van der Waals surface area contributed by atoms with E-state index in [-0.39, 0.29) is 19.1 Å². The Bertz CT molecular complexity index is 306. The zero-order valence-corrected chi connectivity index (χ0v) is 10.3. The van der Waals surface area contributed by atoms with Crippen LogP contribution in [-0.2, 0) is 14.4 Å². The standard InChI is InChI=1S/C8H18BNO5S/c1-6(2)3-7(4-11)10-8(12)5-16(14,15)9-13/h6-8,10-12H,3-5H2,1-2H3. The molecule has 8 heteroatoms. The Labute approximate surface area is 96.1 Å². The molecule has 16 heavy (non-hydrogen) atoms. The molecule has 0 aromatic carbocycles. The average molecular weight is 251 g/mol. The summed E-state index contributed by atoms with van der Waals surface area (Å²) >= 11 is 0. The molecule has 0 aliphatic carbocycles. The van der Waals surface area contributed by atoms with Gasteiger partial charge in [-0.15, -0.1) is 0 Å². The van der Waals surface area contributed by atoms with Crippen molar-refractivity contribution in [2.24, 2.45) is 5.92 Å². The van der Waals surface area contributed by atoms with E-state index in [9.17, 15) is 18.2 Å². The summed E-state index contributed by atoms with van der Waals surface area (Å²) in [5, 5.41) is 20.9. The molecular formula is C8H18BNO5S. The number of hydrogen-bond donors (Lipinski definition) is 3. The number of hydrogen-bond acceptors (Lipinski definition) is 6. The SMILES string of the molecule is CC(C)CC(CO)NC(O)CS(=O)(=O)B=O. The van der Waals surface area contributed by atoms with Gasteiger partial charge in [-0.05, 0) is 0 Å². The van der Waals surface area contributed by atoms with Crippen LogP contribution in [0.1, 0.15) is 20.3 Å². The summed E-state index contributed by atoms with van der Waals surface area (Å²) in [6.07, 6.45) is -0.922.